The van der Waals surface area contributed by atoms with E-state index in [9.17, 15) is 0 Å². The fourth-order valence-electron chi connectivity index (χ4n) is 1.99. The zero-order chi connectivity index (χ0) is 13.9. The number of halogens is 1. The van der Waals surface area contributed by atoms with Crippen LogP contribution >= 0.6 is 15.9 Å². The van der Waals surface area contributed by atoms with E-state index in [0.717, 1.165) is 33.6 Å². The molecule has 104 valence electrons. The molecule has 1 aromatic carbocycles. The van der Waals surface area contributed by atoms with Gasteiger partial charge in [-0.2, -0.15) is 0 Å². The minimum atomic E-state index is 0.677. The molecule has 1 fully saturated rings. The monoisotopic (exact) mass is 332 g/mol. The number of hydrogen-bond acceptors (Lipinski definition) is 3. The second kappa shape index (κ2) is 5.94. The number of aromatic nitrogens is 1. The van der Waals surface area contributed by atoms with E-state index < -0.39 is 0 Å². The Morgan fingerprint density at radius 1 is 1.30 bits per heavy atom. The van der Waals surface area contributed by atoms with Gasteiger partial charge in [-0.15, -0.1) is 0 Å². The summed E-state index contributed by atoms with van der Waals surface area (Å²) in [6.07, 6.45) is 6.20. The number of pyridine rings is 1. The third-order valence-corrected chi connectivity index (χ3v) is 3.88. The summed E-state index contributed by atoms with van der Waals surface area (Å²) < 4.78 is 7.08. The van der Waals surface area contributed by atoms with E-state index in [4.69, 9.17) is 4.74 Å². The summed E-state index contributed by atoms with van der Waals surface area (Å²) in [7, 11) is 0. The van der Waals surface area contributed by atoms with E-state index in [1.165, 1.54) is 12.8 Å². The van der Waals surface area contributed by atoms with Crippen LogP contribution in [0.4, 0.5) is 0 Å². The van der Waals surface area contributed by atoms with Gasteiger partial charge in [0.25, 0.3) is 0 Å². The van der Waals surface area contributed by atoms with Crippen LogP contribution < -0.4 is 10.1 Å². The van der Waals surface area contributed by atoms with Gasteiger partial charge in [-0.25, -0.2) is 0 Å². The number of hydrogen-bond donors (Lipinski definition) is 1. The van der Waals surface area contributed by atoms with Gasteiger partial charge in [0.05, 0.1) is 0 Å². The normalized spacial score (nSPS) is 14.3. The van der Waals surface area contributed by atoms with Crippen molar-refractivity contribution in [3.63, 3.8) is 0 Å². The van der Waals surface area contributed by atoms with Gasteiger partial charge in [-0.1, -0.05) is 22.0 Å². The van der Waals surface area contributed by atoms with Crippen LogP contribution in [-0.4, -0.2) is 11.0 Å². The molecule has 4 heteroatoms. The van der Waals surface area contributed by atoms with Crippen molar-refractivity contribution in [1.82, 2.24) is 10.3 Å². The van der Waals surface area contributed by atoms with Gasteiger partial charge in [-0.3, -0.25) is 4.98 Å². The van der Waals surface area contributed by atoms with Crippen LogP contribution in [0.1, 0.15) is 24.0 Å². The smallest absolute Gasteiger partial charge is 0.135 e. The molecule has 1 saturated carbocycles. The molecular formula is C16H17BrN2O. The lowest BCUT2D eigenvalue weighted by atomic mass is 10.2. The van der Waals surface area contributed by atoms with Crippen molar-refractivity contribution in [3.05, 3.63) is 52.3 Å². The van der Waals surface area contributed by atoms with Gasteiger partial charge in [0, 0.05) is 35.0 Å². The minimum absolute atomic E-state index is 0.677. The van der Waals surface area contributed by atoms with E-state index >= 15 is 0 Å². The van der Waals surface area contributed by atoms with E-state index in [1.54, 1.807) is 6.20 Å². The predicted molar refractivity (Wildman–Crippen MR) is 83.1 cm³/mol. The molecule has 3 rings (SSSR count). The van der Waals surface area contributed by atoms with Crippen molar-refractivity contribution in [2.45, 2.75) is 32.4 Å². The summed E-state index contributed by atoms with van der Waals surface area (Å²) >= 11 is 3.48. The van der Waals surface area contributed by atoms with Gasteiger partial charge in [-0.05, 0) is 43.5 Å². The lowest BCUT2D eigenvalue weighted by Gasteiger charge is -2.13. The minimum Gasteiger partial charge on any atom is -0.457 e. The maximum Gasteiger partial charge on any atom is 0.135 e. The van der Waals surface area contributed by atoms with Crippen LogP contribution in [0.5, 0.6) is 11.5 Å². The molecule has 3 nitrogen and oxygen atoms in total. The molecule has 0 unspecified atom stereocenters. The average Bonchev–Trinajstić information content (AvgIpc) is 3.26. The third-order valence-electron chi connectivity index (χ3n) is 3.39. The van der Waals surface area contributed by atoms with E-state index in [1.807, 2.05) is 37.4 Å². The summed E-state index contributed by atoms with van der Waals surface area (Å²) in [4.78, 5) is 4.20. The van der Waals surface area contributed by atoms with Crippen LogP contribution in [-0.2, 0) is 6.54 Å². The molecule has 1 aliphatic carbocycles. The highest BCUT2D eigenvalue weighted by Crippen LogP contribution is 2.30. The second-order valence-electron chi connectivity index (χ2n) is 5.15. The topological polar surface area (TPSA) is 34.1 Å². The highest BCUT2D eigenvalue weighted by atomic mass is 79.9. The Balaban J connectivity index is 1.80. The number of ether oxygens (including phenoxy) is 1. The Bertz CT molecular complexity index is 611. The Morgan fingerprint density at radius 3 is 2.95 bits per heavy atom. The highest BCUT2D eigenvalue weighted by Gasteiger charge is 2.20. The SMILES string of the molecule is Cc1ccc(Br)cc1Oc1ccncc1CNC1CC1. The largest absolute Gasteiger partial charge is 0.457 e. The molecule has 0 saturated heterocycles. The summed E-state index contributed by atoms with van der Waals surface area (Å²) in [5.41, 5.74) is 2.21. The fraction of sp³-hybridized carbons (Fsp3) is 0.312. The Hall–Kier alpha value is -1.39. The number of nitrogens with zero attached hydrogens (tertiary/aromatic N) is 1. The van der Waals surface area contributed by atoms with Gasteiger partial charge < -0.3 is 10.1 Å². The molecule has 0 atom stereocenters. The first kappa shape index (κ1) is 13.6. The molecule has 0 spiro atoms. The number of rotatable bonds is 5. The van der Waals surface area contributed by atoms with Gasteiger partial charge in [0.15, 0.2) is 0 Å². The van der Waals surface area contributed by atoms with Crippen LogP contribution in [0.3, 0.4) is 0 Å². The first-order valence-electron chi connectivity index (χ1n) is 6.82. The summed E-state index contributed by atoms with van der Waals surface area (Å²) in [6, 6.07) is 8.65. The van der Waals surface area contributed by atoms with E-state index in [-0.39, 0.29) is 0 Å². The van der Waals surface area contributed by atoms with Crippen molar-refractivity contribution >= 4 is 15.9 Å². The summed E-state index contributed by atoms with van der Waals surface area (Å²) in [5, 5.41) is 3.50. The first-order valence-corrected chi connectivity index (χ1v) is 7.62. The maximum atomic E-state index is 6.06. The number of nitrogens with one attached hydrogen (secondary N) is 1. The fourth-order valence-corrected chi connectivity index (χ4v) is 2.33. The zero-order valence-corrected chi connectivity index (χ0v) is 13.0. The van der Waals surface area contributed by atoms with Crippen molar-refractivity contribution in [1.29, 1.82) is 0 Å². The van der Waals surface area contributed by atoms with Gasteiger partial charge in [0.2, 0.25) is 0 Å². The quantitative estimate of drug-likeness (QED) is 0.891. The Labute approximate surface area is 127 Å². The lowest BCUT2D eigenvalue weighted by Crippen LogP contribution is -2.15. The van der Waals surface area contributed by atoms with Crippen LogP contribution in [0.15, 0.2) is 41.1 Å². The standard InChI is InChI=1S/C16H17BrN2O/c1-11-2-3-13(17)8-16(11)20-15-6-7-18-9-12(15)10-19-14-4-5-14/h2-3,6-9,14,19H,4-5,10H2,1H3. The van der Waals surface area contributed by atoms with Gasteiger partial charge >= 0.3 is 0 Å². The molecule has 1 aliphatic rings. The summed E-state index contributed by atoms with van der Waals surface area (Å²) in [5.74, 6) is 1.74. The number of benzene rings is 1. The lowest BCUT2D eigenvalue weighted by molar-refractivity contribution is 0.467. The predicted octanol–water partition coefficient (Wildman–Crippen LogP) is 4.20. The zero-order valence-electron chi connectivity index (χ0n) is 11.4. The Morgan fingerprint density at radius 2 is 2.15 bits per heavy atom. The molecule has 0 amide bonds. The molecule has 1 aromatic heterocycles. The Kier molecular flexibility index (Phi) is 4.03. The molecule has 1 N–H and O–H groups in total. The average molecular weight is 333 g/mol. The molecular weight excluding hydrogens is 316 g/mol. The molecule has 2 aromatic rings. The van der Waals surface area contributed by atoms with Crippen molar-refractivity contribution in [3.8, 4) is 11.5 Å². The number of aryl methyl sites for hydroxylation is 1. The molecule has 1 heterocycles. The second-order valence-corrected chi connectivity index (χ2v) is 6.07. The van der Waals surface area contributed by atoms with Crippen LogP contribution in [0, 0.1) is 6.92 Å². The molecule has 0 aliphatic heterocycles. The maximum absolute atomic E-state index is 6.06. The molecule has 0 radical (unpaired) electrons. The first-order chi connectivity index (χ1) is 9.72. The van der Waals surface area contributed by atoms with E-state index in [0.29, 0.717) is 6.04 Å². The van der Waals surface area contributed by atoms with Crippen LogP contribution in [0.2, 0.25) is 0 Å². The van der Waals surface area contributed by atoms with E-state index in [2.05, 4.69) is 26.2 Å². The molecule has 0 bridgehead atoms. The molecule has 20 heavy (non-hydrogen) atoms. The van der Waals surface area contributed by atoms with Crippen molar-refractivity contribution in [2.24, 2.45) is 0 Å². The third kappa shape index (κ3) is 3.38. The van der Waals surface area contributed by atoms with Crippen LogP contribution in [0.25, 0.3) is 0 Å². The van der Waals surface area contributed by atoms with Crippen molar-refractivity contribution in [2.75, 3.05) is 0 Å². The summed E-state index contributed by atoms with van der Waals surface area (Å²) in [6.45, 7) is 2.85. The van der Waals surface area contributed by atoms with Gasteiger partial charge in [0.1, 0.15) is 11.5 Å². The van der Waals surface area contributed by atoms with Crippen molar-refractivity contribution < 1.29 is 4.74 Å². The highest BCUT2D eigenvalue weighted by molar-refractivity contribution is 9.10.